The highest BCUT2D eigenvalue weighted by atomic mass is 16.5. The number of carbonyl (C=O) groups excluding carboxylic acids is 2. The maximum atomic E-state index is 12.9. The maximum Gasteiger partial charge on any atom is 0.257 e. The van der Waals surface area contributed by atoms with Crippen LogP contribution in [0.2, 0.25) is 0 Å². The van der Waals surface area contributed by atoms with Gasteiger partial charge in [-0.2, -0.15) is 0 Å². The maximum absolute atomic E-state index is 12.9. The van der Waals surface area contributed by atoms with E-state index in [1.54, 1.807) is 55.6 Å². The van der Waals surface area contributed by atoms with Gasteiger partial charge in [0.2, 0.25) is 0 Å². The van der Waals surface area contributed by atoms with Gasteiger partial charge in [0.15, 0.2) is 0 Å². The van der Waals surface area contributed by atoms with E-state index in [-0.39, 0.29) is 11.8 Å². The quantitative estimate of drug-likeness (QED) is 0.669. The summed E-state index contributed by atoms with van der Waals surface area (Å²) in [7, 11) is 1.57. The Morgan fingerprint density at radius 2 is 1.59 bits per heavy atom. The molecule has 5 nitrogen and oxygen atoms in total. The van der Waals surface area contributed by atoms with Gasteiger partial charge in [-0.1, -0.05) is 18.2 Å². The third kappa shape index (κ3) is 4.14. The Balaban J connectivity index is 1.51. The molecule has 1 aliphatic carbocycles. The molecular weight excluding hydrogens is 364 g/mol. The summed E-state index contributed by atoms with van der Waals surface area (Å²) in [5.74, 6) is 0.134. The lowest BCUT2D eigenvalue weighted by Gasteiger charge is -2.12. The molecule has 0 saturated carbocycles. The van der Waals surface area contributed by atoms with Crippen LogP contribution in [-0.4, -0.2) is 18.9 Å². The number of hydrogen-bond donors (Lipinski definition) is 2. The third-order valence-electron chi connectivity index (χ3n) is 5.13. The first-order valence-electron chi connectivity index (χ1n) is 9.61. The number of fused-ring (bicyclic) bond motifs is 1. The molecule has 0 spiro atoms. The van der Waals surface area contributed by atoms with E-state index in [4.69, 9.17) is 4.74 Å². The number of hydrogen-bond acceptors (Lipinski definition) is 3. The van der Waals surface area contributed by atoms with Crippen molar-refractivity contribution in [2.75, 3.05) is 17.7 Å². The monoisotopic (exact) mass is 386 g/mol. The van der Waals surface area contributed by atoms with Gasteiger partial charge in [0.25, 0.3) is 11.8 Å². The zero-order valence-corrected chi connectivity index (χ0v) is 16.2. The molecule has 4 rings (SSSR count). The molecule has 5 heteroatoms. The van der Waals surface area contributed by atoms with E-state index < -0.39 is 0 Å². The van der Waals surface area contributed by atoms with Crippen molar-refractivity contribution in [1.29, 1.82) is 0 Å². The fourth-order valence-electron chi connectivity index (χ4n) is 3.58. The summed E-state index contributed by atoms with van der Waals surface area (Å²) in [6.45, 7) is 0. The second-order valence-corrected chi connectivity index (χ2v) is 7.02. The summed E-state index contributed by atoms with van der Waals surface area (Å²) < 4.78 is 5.12. The van der Waals surface area contributed by atoms with Gasteiger partial charge < -0.3 is 15.4 Å². The van der Waals surface area contributed by atoms with Gasteiger partial charge in [0.1, 0.15) is 5.75 Å². The van der Waals surface area contributed by atoms with E-state index in [1.165, 1.54) is 11.1 Å². The van der Waals surface area contributed by atoms with Crippen LogP contribution in [0.3, 0.4) is 0 Å². The molecule has 2 amide bonds. The van der Waals surface area contributed by atoms with Crippen LogP contribution >= 0.6 is 0 Å². The van der Waals surface area contributed by atoms with E-state index in [1.807, 2.05) is 12.1 Å². The van der Waals surface area contributed by atoms with Crippen LogP contribution in [-0.2, 0) is 12.8 Å². The standard InChI is InChI=1S/C24H22N2O3/c1-29-20-13-10-17(11-14-20)23(27)26-22-8-3-2-7-21(22)24(28)25-19-12-9-16-5-4-6-18(16)15-19/h2-3,7-15H,4-6H2,1H3,(H,25,28)(H,26,27). The molecule has 3 aromatic carbocycles. The van der Waals surface area contributed by atoms with Crippen molar-refractivity contribution in [3.8, 4) is 5.75 Å². The molecular formula is C24H22N2O3. The lowest BCUT2D eigenvalue weighted by molar-refractivity contribution is 0.102. The van der Waals surface area contributed by atoms with Gasteiger partial charge in [-0.15, -0.1) is 0 Å². The molecule has 0 bridgehead atoms. The number of ether oxygens (including phenoxy) is 1. The number of benzene rings is 3. The van der Waals surface area contributed by atoms with Crippen molar-refractivity contribution < 1.29 is 14.3 Å². The minimum absolute atomic E-state index is 0.256. The topological polar surface area (TPSA) is 67.4 Å². The molecule has 0 saturated heterocycles. The number of methoxy groups -OCH3 is 1. The average molecular weight is 386 g/mol. The van der Waals surface area contributed by atoms with Gasteiger partial charge in [0.05, 0.1) is 18.4 Å². The average Bonchev–Trinajstić information content (AvgIpc) is 3.22. The zero-order chi connectivity index (χ0) is 20.2. The largest absolute Gasteiger partial charge is 0.497 e. The molecule has 0 unspecified atom stereocenters. The number of aryl methyl sites for hydroxylation is 2. The molecule has 2 N–H and O–H groups in total. The molecule has 0 aliphatic heterocycles. The summed E-state index contributed by atoms with van der Waals surface area (Å²) in [6, 6.07) is 19.8. The Morgan fingerprint density at radius 3 is 2.38 bits per heavy atom. The summed E-state index contributed by atoms with van der Waals surface area (Å²) in [5, 5.41) is 5.78. The molecule has 29 heavy (non-hydrogen) atoms. The van der Waals surface area contributed by atoms with Gasteiger partial charge in [0, 0.05) is 11.3 Å². The first-order chi connectivity index (χ1) is 14.1. The number of rotatable bonds is 5. The Bertz CT molecular complexity index is 1060. The molecule has 146 valence electrons. The summed E-state index contributed by atoms with van der Waals surface area (Å²) in [6.07, 6.45) is 3.31. The van der Waals surface area contributed by atoms with Gasteiger partial charge in [-0.25, -0.2) is 0 Å². The Kier molecular flexibility index (Phi) is 5.29. The van der Waals surface area contributed by atoms with E-state index in [0.717, 1.165) is 24.9 Å². The second kappa shape index (κ2) is 8.19. The van der Waals surface area contributed by atoms with Crippen molar-refractivity contribution in [3.63, 3.8) is 0 Å². The number of amides is 2. The SMILES string of the molecule is COc1ccc(C(=O)Nc2ccccc2C(=O)Nc2ccc3c(c2)CCC3)cc1. The van der Waals surface area contributed by atoms with Crippen molar-refractivity contribution in [2.24, 2.45) is 0 Å². The van der Waals surface area contributed by atoms with Gasteiger partial charge in [-0.3, -0.25) is 9.59 Å². The summed E-state index contributed by atoms with van der Waals surface area (Å²) in [4.78, 5) is 25.4. The van der Waals surface area contributed by atoms with E-state index >= 15 is 0 Å². The van der Waals surface area contributed by atoms with E-state index in [9.17, 15) is 9.59 Å². The predicted octanol–water partition coefficient (Wildman–Crippen LogP) is 4.69. The van der Waals surface area contributed by atoms with Crippen LogP contribution in [0.4, 0.5) is 11.4 Å². The normalized spacial score (nSPS) is 12.2. The number of carbonyl (C=O) groups is 2. The Hall–Kier alpha value is -3.60. The minimum atomic E-state index is -0.287. The van der Waals surface area contributed by atoms with Crippen molar-refractivity contribution in [2.45, 2.75) is 19.3 Å². The highest BCUT2D eigenvalue weighted by Gasteiger charge is 2.16. The fraction of sp³-hybridized carbons (Fsp3) is 0.167. The fourth-order valence-corrected chi connectivity index (χ4v) is 3.58. The number of para-hydroxylation sites is 1. The Morgan fingerprint density at radius 1 is 0.828 bits per heavy atom. The van der Waals surface area contributed by atoms with Crippen LogP contribution in [0, 0.1) is 0 Å². The molecule has 0 heterocycles. The van der Waals surface area contributed by atoms with Crippen molar-refractivity contribution in [3.05, 3.63) is 89.0 Å². The molecule has 0 radical (unpaired) electrons. The van der Waals surface area contributed by atoms with Crippen LogP contribution < -0.4 is 15.4 Å². The van der Waals surface area contributed by atoms with Crippen LogP contribution in [0.5, 0.6) is 5.75 Å². The molecule has 0 fully saturated rings. The summed E-state index contributed by atoms with van der Waals surface area (Å²) >= 11 is 0. The smallest absolute Gasteiger partial charge is 0.257 e. The molecule has 0 aromatic heterocycles. The lowest BCUT2D eigenvalue weighted by Crippen LogP contribution is -2.18. The zero-order valence-electron chi connectivity index (χ0n) is 16.2. The minimum Gasteiger partial charge on any atom is -0.497 e. The number of nitrogens with one attached hydrogen (secondary N) is 2. The van der Waals surface area contributed by atoms with E-state index in [0.29, 0.717) is 22.6 Å². The molecule has 0 atom stereocenters. The van der Waals surface area contributed by atoms with Crippen LogP contribution in [0.1, 0.15) is 38.3 Å². The van der Waals surface area contributed by atoms with Gasteiger partial charge in [-0.05, 0) is 78.9 Å². The second-order valence-electron chi connectivity index (χ2n) is 7.02. The molecule has 3 aromatic rings. The lowest BCUT2D eigenvalue weighted by atomic mass is 10.1. The van der Waals surface area contributed by atoms with E-state index in [2.05, 4.69) is 16.7 Å². The first kappa shape index (κ1) is 18.7. The van der Waals surface area contributed by atoms with Crippen LogP contribution in [0.25, 0.3) is 0 Å². The van der Waals surface area contributed by atoms with Crippen molar-refractivity contribution >= 4 is 23.2 Å². The van der Waals surface area contributed by atoms with Gasteiger partial charge >= 0.3 is 0 Å². The highest BCUT2D eigenvalue weighted by Crippen LogP contribution is 2.26. The third-order valence-corrected chi connectivity index (χ3v) is 5.13. The van der Waals surface area contributed by atoms with Crippen LogP contribution in [0.15, 0.2) is 66.7 Å². The summed E-state index contributed by atoms with van der Waals surface area (Å²) in [5.41, 5.74) is 4.78. The highest BCUT2D eigenvalue weighted by molar-refractivity contribution is 6.12. The first-order valence-corrected chi connectivity index (χ1v) is 9.61. The predicted molar refractivity (Wildman–Crippen MR) is 114 cm³/mol. The Labute approximate surface area is 169 Å². The van der Waals surface area contributed by atoms with Crippen molar-refractivity contribution in [1.82, 2.24) is 0 Å². The molecule has 1 aliphatic rings. The number of anilines is 2.